The average molecular weight is 203 g/mol. The maximum absolute atomic E-state index is 10.8. The molecule has 2 nitrogen and oxygen atoms in total. The summed E-state index contributed by atoms with van der Waals surface area (Å²) in [6.45, 7) is 3.61. The van der Waals surface area contributed by atoms with Gasteiger partial charge in [0.1, 0.15) is 10.2 Å². The van der Waals surface area contributed by atoms with E-state index < -0.39 is 0 Å². The number of hydrogen-bond donors (Lipinski definition) is 0. The molecule has 1 aromatic rings. The number of aryl methyl sites for hydroxylation is 2. The van der Waals surface area contributed by atoms with Crippen molar-refractivity contribution in [1.82, 2.24) is 0 Å². The van der Waals surface area contributed by atoms with Crippen molar-refractivity contribution < 1.29 is 4.42 Å². The van der Waals surface area contributed by atoms with Crippen LogP contribution in [0.2, 0.25) is 0 Å². The lowest BCUT2D eigenvalue weighted by Crippen LogP contribution is -2.01. The molecule has 0 N–H and O–H groups in total. The first-order valence-corrected chi connectivity index (χ1v) is 3.67. The summed E-state index contributed by atoms with van der Waals surface area (Å²) in [5.41, 5.74) is 0.603. The zero-order chi connectivity index (χ0) is 7.72. The lowest BCUT2D eigenvalue weighted by Gasteiger charge is -1.95. The topological polar surface area (TPSA) is 30.2 Å². The van der Waals surface area contributed by atoms with Crippen LogP contribution in [0, 0.1) is 13.8 Å². The van der Waals surface area contributed by atoms with Gasteiger partial charge < -0.3 is 4.42 Å². The standard InChI is InChI=1S/C7H7BrO2/c1-4-3-5(2)10-7(9)6(4)8/h3H,1-2H3. The normalized spacial score (nSPS) is 9.90. The molecule has 0 atom stereocenters. The van der Waals surface area contributed by atoms with E-state index in [9.17, 15) is 4.79 Å². The highest BCUT2D eigenvalue weighted by atomic mass is 79.9. The Labute approximate surface area is 67.0 Å². The van der Waals surface area contributed by atoms with Gasteiger partial charge in [0.05, 0.1) is 0 Å². The van der Waals surface area contributed by atoms with Crippen LogP contribution in [0.25, 0.3) is 0 Å². The van der Waals surface area contributed by atoms with E-state index in [1.165, 1.54) is 0 Å². The van der Waals surface area contributed by atoms with Gasteiger partial charge >= 0.3 is 5.63 Å². The molecular formula is C7H7BrO2. The first-order chi connectivity index (χ1) is 4.61. The van der Waals surface area contributed by atoms with Crippen LogP contribution in [0.1, 0.15) is 11.3 Å². The predicted molar refractivity (Wildman–Crippen MR) is 42.2 cm³/mol. The molecule has 1 heterocycles. The molecule has 10 heavy (non-hydrogen) atoms. The van der Waals surface area contributed by atoms with E-state index in [1.807, 2.05) is 13.0 Å². The molecule has 0 bridgehead atoms. The molecule has 0 aliphatic rings. The summed E-state index contributed by atoms with van der Waals surface area (Å²) in [5.74, 6) is 0.644. The number of rotatable bonds is 0. The molecule has 0 fully saturated rings. The van der Waals surface area contributed by atoms with E-state index in [2.05, 4.69) is 15.9 Å². The van der Waals surface area contributed by atoms with Gasteiger partial charge in [0.25, 0.3) is 0 Å². The molecule has 54 valence electrons. The smallest absolute Gasteiger partial charge is 0.350 e. The van der Waals surface area contributed by atoms with E-state index in [1.54, 1.807) is 6.92 Å². The van der Waals surface area contributed by atoms with Crippen molar-refractivity contribution >= 4 is 15.9 Å². The Morgan fingerprint density at radius 2 is 2.10 bits per heavy atom. The van der Waals surface area contributed by atoms with Crippen LogP contribution in [0.4, 0.5) is 0 Å². The molecule has 0 amide bonds. The Bertz CT molecular complexity index is 301. The van der Waals surface area contributed by atoms with Crippen molar-refractivity contribution in [3.8, 4) is 0 Å². The van der Waals surface area contributed by atoms with Crippen molar-refractivity contribution in [2.45, 2.75) is 13.8 Å². The van der Waals surface area contributed by atoms with E-state index in [4.69, 9.17) is 4.42 Å². The van der Waals surface area contributed by atoms with Crippen LogP contribution >= 0.6 is 15.9 Å². The Balaban J connectivity index is 3.46. The van der Waals surface area contributed by atoms with Gasteiger partial charge in [-0.15, -0.1) is 0 Å². The summed E-state index contributed by atoms with van der Waals surface area (Å²) >= 11 is 3.11. The molecule has 0 aliphatic heterocycles. The Kier molecular flexibility index (Phi) is 1.94. The number of hydrogen-bond acceptors (Lipinski definition) is 2. The van der Waals surface area contributed by atoms with Gasteiger partial charge in [-0.3, -0.25) is 0 Å². The van der Waals surface area contributed by atoms with Crippen molar-refractivity contribution in [2.75, 3.05) is 0 Å². The van der Waals surface area contributed by atoms with E-state index >= 15 is 0 Å². The molecule has 0 unspecified atom stereocenters. The third kappa shape index (κ3) is 1.29. The van der Waals surface area contributed by atoms with Crippen LogP contribution < -0.4 is 5.63 Å². The minimum Gasteiger partial charge on any atom is -0.427 e. The molecule has 0 radical (unpaired) electrons. The van der Waals surface area contributed by atoms with Crippen molar-refractivity contribution in [3.63, 3.8) is 0 Å². The zero-order valence-corrected chi connectivity index (χ0v) is 7.36. The van der Waals surface area contributed by atoms with Crippen LogP contribution in [-0.2, 0) is 0 Å². The molecule has 0 aliphatic carbocycles. The fourth-order valence-corrected chi connectivity index (χ4v) is 0.945. The summed E-state index contributed by atoms with van der Waals surface area (Å²) < 4.78 is 5.30. The van der Waals surface area contributed by atoms with Gasteiger partial charge in [-0.2, -0.15) is 0 Å². The molecule has 0 aromatic carbocycles. The van der Waals surface area contributed by atoms with E-state index in [0.717, 1.165) is 5.56 Å². The summed E-state index contributed by atoms with van der Waals surface area (Å²) in [6, 6.07) is 1.81. The first kappa shape index (κ1) is 7.54. The van der Waals surface area contributed by atoms with Gasteiger partial charge in [0.15, 0.2) is 0 Å². The molecule has 1 rings (SSSR count). The first-order valence-electron chi connectivity index (χ1n) is 2.88. The fourth-order valence-electron chi connectivity index (χ4n) is 0.750. The minimum atomic E-state index is -0.308. The van der Waals surface area contributed by atoms with Gasteiger partial charge in [-0.25, -0.2) is 4.79 Å². The molecular weight excluding hydrogens is 196 g/mol. The molecule has 3 heteroatoms. The summed E-state index contributed by atoms with van der Waals surface area (Å²) in [5, 5.41) is 0. The highest BCUT2D eigenvalue weighted by Gasteiger charge is 2.01. The second kappa shape index (κ2) is 2.58. The highest BCUT2D eigenvalue weighted by Crippen LogP contribution is 2.10. The molecule has 0 saturated carbocycles. The Morgan fingerprint density at radius 3 is 2.60 bits per heavy atom. The second-order valence-electron chi connectivity index (χ2n) is 2.14. The lowest BCUT2D eigenvalue weighted by molar-refractivity contribution is 0.475. The predicted octanol–water partition coefficient (Wildman–Crippen LogP) is 2.02. The van der Waals surface area contributed by atoms with Crippen LogP contribution in [0.15, 0.2) is 19.8 Å². The van der Waals surface area contributed by atoms with Crippen LogP contribution in [-0.4, -0.2) is 0 Å². The maximum atomic E-state index is 10.8. The zero-order valence-electron chi connectivity index (χ0n) is 5.77. The van der Waals surface area contributed by atoms with E-state index in [-0.39, 0.29) is 5.63 Å². The maximum Gasteiger partial charge on any atom is 0.350 e. The van der Waals surface area contributed by atoms with Crippen molar-refractivity contribution in [2.24, 2.45) is 0 Å². The van der Waals surface area contributed by atoms with Crippen molar-refractivity contribution in [1.29, 1.82) is 0 Å². The third-order valence-electron chi connectivity index (χ3n) is 1.20. The Morgan fingerprint density at radius 1 is 1.50 bits per heavy atom. The minimum absolute atomic E-state index is 0.308. The number of halogens is 1. The van der Waals surface area contributed by atoms with Gasteiger partial charge in [0, 0.05) is 0 Å². The monoisotopic (exact) mass is 202 g/mol. The third-order valence-corrected chi connectivity index (χ3v) is 2.15. The van der Waals surface area contributed by atoms with Crippen LogP contribution in [0.3, 0.4) is 0 Å². The summed E-state index contributed by atoms with van der Waals surface area (Å²) in [7, 11) is 0. The molecule has 1 aromatic heterocycles. The molecule has 0 saturated heterocycles. The SMILES string of the molecule is Cc1cc(C)c(Br)c(=O)o1. The Hall–Kier alpha value is -0.570. The van der Waals surface area contributed by atoms with Crippen molar-refractivity contribution in [3.05, 3.63) is 32.3 Å². The van der Waals surface area contributed by atoms with Gasteiger partial charge in [-0.1, -0.05) is 0 Å². The van der Waals surface area contributed by atoms with Crippen LogP contribution in [0.5, 0.6) is 0 Å². The second-order valence-corrected chi connectivity index (χ2v) is 2.93. The summed E-state index contributed by atoms with van der Waals surface area (Å²) in [4.78, 5) is 10.8. The highest BCUT2D eigenvalue weighted by molar-refractivity contribution is 9.10. The summed E-state index contributed by atoms with van der Waals surface area (Å²) in [6.07, 6.45) is 0. The quantitative estimate of drug-likeness (QED) is 0.645. The largest absolute Gasteiger partial charge is 0.427 e. The van der Waals surface area contributed by atoms with E-state index in [0.29, 0.717) is 10.2 Å². The van der Waals surface area contributed by atoms with Gasteiger partial charge in [-0.05, 0) is 41.4 Å². The lowest BCUT2D eigenvalue weighted by atomic mass is 10.3. The average Bonchev–Trinajstić information content (AvgIpc) is 1.82. The van der Waals surface area contributed by atoms with Gasteiger partial charge in [0.2, 0.25) is 0 Å². The fraction of sp³-hybridized carbons (Fsp3) is 0.286. The molecule has 0 spiro atoms.